The SMILES string of the molecule is CCNC(=O)[C@@H](Cc1ccccc1)N(Cc1cccc(Cl)c1)C(=O)COc1cc(C)cc(C)c1. The molecular weight excluding hydrogens is 448 g/mol. The van der Waals surface area contributed by atoms with Gasteiger partial charge in [-0.25, -0.2) is 0 Å². The predicted molar refractivity (Wildman–Crippen MR) is 136 cm³/mol. The Morgan fingerprint density at radius 1 is 0.941 bits per heavy atom. The Labute approximate surface area is 206 Å². The lowest BCUT2D eigenvalue weighted by molar-refractivity contribution is -0.142. The Balaban J connectivity index is 1.90. The van der Waals surface area contributed by atoms with Crippen molar-refractivity contribution in [1.82, 2.24) is 10.2 Å². The van der Waals surface area contributed by atoms with Gasteiger partial charge in [-0.3, -0.25) is 9.59 Å². The minimum absolute atomic E-state index is 0.172. The molecule has 0 aliphatic rings. The van der Waals surface area contributed by atoms with Crippen molar-refractivity contribution in [2.45, 2.75) is 39.8 Å². The molecule has 0 spiro atoms. The molecular formula is C28H31ClN2O3. The molecule has 3 rings (SSSR count). The van der Waals surface area contributed by atoms with Crippen LogP contribution in [-0.4, -0.2) is 35.9 Å². The van der Waals surface area contributed by atoms with Gasteiger partial charge < -0.3 is 15.0 Å². The summed E-state index contributed by atoms with van der Waals surface area (Å²) in [4.78, 5) is 28.2. The molecule has 0 saturated carbocycles. The second-order valence-electron chi connectivity index (χ2n) is 8.36. The van der Waals surface area contributed by atoms with Crippen molar-refractivity contribution in [3.63, 3.8) is 0 Å². The third-order valence-corrected chi connectivity index (χ3v) is 5.66. The van der Waals surface area contributed by atoms with Gasteiger partial charge in [0.2, 0.25) is 5.91 Å². The fraction of sp³-hybridized carbons (Fsp3) is 0.286. The van der Waals surface area contributed by atoms with E-state index in [1.54, 1.807) is 11.0 Å². The van der Waals surface area contributed by atoms with Crippen LogP contribution in [-0.2, 0) is 22.6 Å². The molecule has 1 N–H and O–H groups in total. The summed E-state index contributed by atoms with van der Waals surface area (Å²) in [5, 5.41) is 3.47. The summed E-state index contributed by atoms with van der Waals surface area (Å²) in [5.74, 6) is 0.158. The summed E-state index contributed by atoms with van der Waals surface area (Å²) >= 11 is 6.19. The Hall–Kier alpha value is -3.31. The Bertz CT molecular complexity index is 1100. The summed E-state index contributed by atoms with van der Waals surface area (Å²) < 4.78 is 5.86. The van der Waals surface area contributed by atoms with Crippen LogP contribution in [0.1, 0.15) is 29.2 Å². The average Bonchev–Trinajstić information content (AvgIpc) is 2.80. The fourth-order valence-corrected chi connectivity index (χ4v) is 4.14. The highest BCUT2D eigenvalue weighted by Crippen LogP contribution is 2.19. The number of nitrogens with zero attached hydrogens (tertiary/aromatic N) is 1. The summed E-state index contributed by atoms with van der Waals surface area (Å²) in [6.45, 7) is 6.38. The van der Waals surface area contributed by atoms with Crippen LogP contribution in [0.15, 0.2) is 72.8 Å². The largest absolute Gasteiger partial charge is 0.484 e. The van der Waals surface area contributed by atoms with Gasteiger partial charge in [0.1, 0.15) is 11.8 Å². The molecule has 3 aromatic rings. The van der Waals surface area contributed by atoms with Crippen molar-refractivity contribution in [3.05, 3.63) is 100 Å². The molecule has 3 aromatic carbocycles. The lowest BCUT2D eigenvalue weighted by Crippen LogP contribution is -2.51. The van der Waals surface area contributed by atoms with Gasteiger partial charge in [0.25, 0.3) is 5.91 Å². The summed E-state index contributed by atoms with van der Waals surface area (Å²) in [6.07, 6.45) is 0.391. The standard InChI is InChI=1S/C28H31ClN2O3/c1-4-30-28(33)26(17-22-9-6-5-7-10-22)31(18-23-11-8-12-24(29)16-23)27(32)19-34-25-14-20(2)13-21(3)15-25/h5-16,26H,4,17-19H2,1-3H3,(H,30,33)/t26-/m1/s1. The number of amides is 2. The highest BCUT2D eigenvalue weighted by Gasteiger charge is 2.30. The predicted octanol–water partition coefficient (Wildman–Crippen LogP) is 5.11. The van der Waals surface area contributed by atoms with E-state index in [0.717, 1.165) is 22.3 Å². The minimum Gasteiger partial charge on any atom is -0.484 e. The molecule has 0 fully saturated rings. The van der Waals surface area contributed by atoms with Crippen molar-refractivity contribution in [3.8, 4) is 5.75 Å². The summed E-state index contributed by atoms with van der Waals surface area (Å²) in [5.41, 5.74) is 3.93. The number of carbonyl (C=O) groups is 2. The maximum atomic E-state index is 13.5. The topological polar surface area (TPSA) is 58.6 Å². The molecule has 0 unspecified atom stereocenters. The maximum Gasteiger partial charge on any atom is 0.261 e. The zero-order chi connectivity index (χ0) is 24.5. The monoisotopic (exact) mass is 478 g/mol. The number of halogens is 1. The second kappa shape index (κ2) is 12.2. The van der Waals surface area contributed by atoms with E-state index in [4.69, 9.17) is 16.3 Å². The molecule has 0 aliphatic heterocycles. The molecule has 1 atom stereocenters. The first-order valence-electron chi connectivity index (χ1n) is 11.4. The summed E-state index contributed by atoms with van der Waals surface area (Å²) in [6, 6.07) is 22.2. The van der Waals surface area contributed by atoms with Crippen LogP contribution in [0.4, 0.5) is 0 Å². The molecule has 34 heavy (non-hydrogen) atoms. The van der Waals surface area contributed by atoms with Crippen molar-refractivity contribution in [2.75, 3.05) is 13.2 Å². The van der Waals surface area contributed by atoms with Crippen LogP contribution >= 0.6 is 11.6 Å². The number of hydrogen-bond donors (Lipinski definition) is 1. The zero-order valence-electron chi connectivity index (χ0n) is 19.9. The van der Waals surface area contributed by atoms with Crippen LogP contribution in [0.2, 0.25) is 5.02 Å². The summed E-state index contributed by atoms with van der Waals surface area (Å²) in [7, 11) is 0. The molecule has 0 bridgehead atoms. The third kappa shape index (κ3) is 7.35. The average molecular weight is 479 g/mol. The number of hydrogen-bond acceptors (Lipinski definition) is 3. The molecule has 0 aliphatic carbocycles. The minimum atomic E-state index is -0.698. The van der Waals surface area contributed by atoms with Crippen molar-refractivity contribution >= 4 is 23.4 Å². The van der Waals surface area contributed by atoms with Crippen LogP contribution in [0, 0.1) is 13.8 Å². The van der Waals surface area contributed by atoms with E-state index in [2.05, 4.69) is 5.32 Å². The number of rotatable bonds is 10. The Kier molecular flexibility index (Phi) is 9.11. The van der Waals surface area contributed by atoms with Crippen LogP contribution in [0.25, 0.3) is 0 Å². The normalized spacial score (nSPS) is 11.5. The maximum absolute atomic E-state index is 13.5. The van der Waals surface area contributed by atoms with Gasteiger partial charge in [0.15, 0.2) is 6.61 Å². The van der Waals surface area contributed by atoms with E-state index in [0.29, 0.717) is 23.7 Å². The molecule has 0 saturated heterocycles. The Morgan fingerprint density at radius 3 is 2.26 bits per heavy atom. The number of aryl methyl sites for hydroxylation is 2. The second-order valence-corrected chi connectivity index (χ2v) is 8.80. The highest BCUT2D eigenvalue weighted by molar-refractivity contribution is 6.30. The molecule has 5 nitrogen and oxygen atoms in total. The van der Waals surface area contributed by atoms with Gasteiger partial charge in [-0.2, -0.15) is 0 Å². The number of carbonyl (C=O) groups excluding carboxylic acids is 2. The van der Waals surface area contributed by atoms with E-state index >= 15 is 0 Å². The highest BCUT2D eigenvalue weighted by atomic mass is 35.5. The number of benzene rings is 3. The van der Waals surface area contributed by atoms with Crippen LogP contribution in [0.3, 0.4) is 0 Å². The van der Waals surface area contributed by atoms with Gasteiger partial charge in [-0.1, -0.05) is 60.1 Å². The Morgan fingerprint density at radius 2 is 1.62 bits per heavy atom. The third-order valence-electron chi connectivity index (χ3n) is 5.42. The van der Waals surface area contributed by atoms with E-state index in [1.165, 1.54) is 0 Å². The molecule has 0 radical (unpaired) electrons. The van der Waals surface area contributed by atoms with Crippen LogP contribution < -0.4 is 10.1 Å². The van der Waals surface area contributed by atoms with Gasteiger partial charge >= 0.3 is 0 Å². The first-order valence-corrected chi connectivity index (χ1v) is 11.8. The van der Waals surface area contributed by atoms with Crippen molar-refractivity contribution in [1.29, 1.82) is 0 Å². The van der Waals surface area contributed by atoms with Crippen molar-refractivity contribution < 1.29 is 14.3 Å². The van der Waals surface area contributed by atoms with E-state index in [9.17, 15) is 9.59 Å². The number of nitrogens with one attached hydrogen (secondary N) is 1. The van der Waals surface area contributed by atoms with E-state index < -0.39 is 6.04 Å². The van der Waals surface area contributed by atoms with Gasteiger partial charge in [0, 0.05) is 24.5 Å². The fourth-order valence-electron chi connectivity index (χ4n) is 3.92. The number of ether oxygens (including phenoxy) is 1. The van der Waals surface area contributed by atoms with Crippen molar-refractivity contribution in [2.24, 2.45) is 0 Å². The van der Waals surface area contributed by atoms with E-state index in [-0.39, 0.29) is 25.0 Å². The van der Waals surface area contributed by atoms with Gasteiger partial charge in [-0.05, 0) is 67.3 Å². The molecule has 0 aromatic heterocycles. The van der Waals surface area contributed by atoms with Crippen LogP contribution in [0.5, 0.6) is 5.75 Å². The quantitative estimate of drug-likeness (QED) is 0.440. The lowest BCUT2D eigenvalue weighted by Gasteiger charge is -2.31. The molecule has 6 heteroatoms. The molecule has 0 heterocycles. The molecule has 2 amide bonds. The first-order chi connectivity index (χ1) is 16.4. The smallest absolute Gasteiger partial charge is 0.261 e. The number of likely N-dealkylation sites (N-methyl/N-ethyl adjacent to an activating group) is 1. The first kappa shape index (κ1) is 25.3. The molecule has 178 valence electrons. The zero-order valence-corrected chi connectivity index (χ0v) is 20.6. The van der Waals surface area contributed by atoms with E-state index in [1.807, 2.05) is 87.5 Å². The van der Waals surface area contributed by atoms with Gasteiger partial charge in [-0.15, -0.1) is 0 Å². The lowest BCUT2D eigenvalue weighted by atomic mass is 10.0. The van der Waals surface area contributed by atoms with Gasteiger partial charge in [0.05, 0.1) is 0 Å².